The fourth-order valence-corrected chi connectivity index (χ4v) is 3.59. The molecule has 0 radical (unpaired) electrons. The Balaban J connectivity index is 1.69. The molecular weight excluding hydrogens is 435 g/mol. The molecule has 0 spiro atoms. The minimum absolute atomic E-state index is 0.0606. The third-order valence-corrected chi connectivity index (χ3v) is 5.08. The van der Waals surface area contributed by atoms with Gasteiger partial charge in [0.05, 0.1) is 11.8 Å². The van der Waals surface area contributed by atoms with E-state index >= 15 is 0 Å². The smallest absolute Gasteiger partial charge is 0.375 e. The molecule has 1 heterocycles. The Morgan fingerprint density at radius 2 is 1.90 bits per heavy atom. The zero-order chi connectivity index (χ0) is 21.7. The minimum Gasteiger partial charge on any atom is -0.375 e. The molecule has 3 rings (SSSR count). The number of nitrogens with two attached hydrogens (primary N) is 1. The first-order valence-corrected chi connectivity index (χ1v) is 10.0. The molecule has 2 aromatic rings. The topological polar surface area (TPSA) is 56.9 Å². The van der Waals surface area contributed by atoms with Crippen molar-refractivity contribution in [2.45, 2.75) is 12.7 Å². The average molecular weight is 456 g/mol. The Morgan fingerprint density at radius 1 is 1.17 bits per heavy atom. The van der Waals surface area contributed by atoms with Gasteiger partial charge in [0.15, 0.2) is 5.11 Å². The number of halogens is 4. The largest absolute Gasteiger partial charge is 0.417 e. The molecule has 160 valence electrons. The Labute approximate surface area is 183 Å². The van der Waals surface area contributed by atoms with Crippen molar-refractivity contribution in [2.24, 2.45) is 10.8 Å². The molecule has 10 heteroatoms. The van der Waals surface area contributed by atoms with Crippen LogP contribution in [-0.4, -0.2) is 42.4 Å². The lowest BCUT2D eigenvalue weighted by Crippen LogP contribution is -2.46. The Bertz CT molecular complexity index is 927. The zero-order valence-corrected chi connectivity index (χ0v) is 17.6. The van der Waals surface area contributed by atoms with Crippen LogP contribution in [0.2, 0.25) is 5.02 Å². The lowest BCUT2D eigenvalue weighted by molar-refractivity contribution is -0.137. The van der Waals surface area contributed by atoms with Crippen LogP contribution < -0.4 is 16.1 Å². The molecule has 2 aromatic carbocycles. The van der Waals surface area contributed by atoms with Crippen LogP contribution in [0.15, 0.2) is 47.6 Å². The van der Waals surface area contributed by atoms with Crippen LogP contribution in [0.25, 0.3) is 0 Å². The van der Waals surface area contributed by atoms with E-state index in [9.17, 15) is 13.2 Å². The summed E-state index contributed by atoms with van der Waals surface area (Å²) in [6, 6.07) is 11.9. The predicted molar refractivity (Wildman–Crippen MR) is 118 cm³/mol. The van der Waals surface area contributed by atoms with Crippen LogP contribution >= 0.6 is 23.8 Å². The van der Waals surface area contributed by atoms with Gasteiger partial charge < -0.3 is 10.6 Å². The maximum atomic E-state index is 13.5. The van der Waals surface area contributed by atoms with Crippen molar-refractivity contribution in [1.82, 2.24) is 10.3 Å². The fourth-order valence-electron chi connectivity index (χ4n) is 3.32. The fraction of sp³-hybridized carbons (Fsp3) is 0.300. The van der Waals surface area contributed by atoms with E-state index < -0.39 is 11.7 Å². The second-order valence-corrected chi connectivity index (χ2v) is 7.77. The van der Waals surface area contributed by atoms with Gasteiger partial charge in [-0.2, -0.15) is 18.3 Å². The number of alkyl halides is 3. The van der Waals surface area contributed by atoms with Crippen molar-refractivity contribution in [3.8, 4) is 0 Å². The van der Waals surface area contributed by atoms with Crippen molar-refractivity contribution in [2.75, 3.05) is 31.1 Å². The maximum Gasteiger partial charge on any atom is 0.417 e. The van der Waals surface area contributed by atoms with Crippen molar-refractivity contribution in [3.63, 3.8) is 0 Å². The minimum atomic E-state index is -4.50. The number of nitrogens with one attached hydrogen (secondary N) is 1. The molecule has 1 aliphatic heterocycles. The lowest BCUT2D eigenvalue weighted by atomic mass is 10.1. The van der Waals surface area contributed by atoms with Crippen LogP contribution in [0.5, 0.6) is 0 Å². The molecule has 1 aliphatic rings. The number of piperazine rings is 1. The number of nitrogens with zero attached hydrogens (tertiary/aromatic N) is 3. The molecule has 0 atom stereocenters. The first kappa shape index (κ1) is 22.3. The van der Waals surface area contributed by atoms with E-state index in [1.165, 1.54) is 6.07 Å². The summed E-state index contributed by atoms with van der Waals surface area (Å²) >= 11 is 10.6. The van der Waals surface area contributed by atoms with E-state index in [4.69, 9.17) is 17.3 Å². The van der Waals surface area contributed by atoms with Crippen LogP contribution in [0.1, 0.15) is 16.7 Å². The molecule has 3 N–H and O–H groups in total. The summed E-state index contributed by atoms with van der Waals surface area (Å²) < 4.78 is 40.6. The summed E-state index contributed by atoms with van der Waals surface area (Å²) in [7, 11) is 0. The SMILES string of the molecule is NC(=S)N/N=C/c1ccc(N2CCN(Cc3cccc(Cl)c3)CC2)cc1C(F)(F)F. The van der Waals surface area contributed by atoms with Crippen LogP contribution in [0.3, 0.4) is 0 Å². The van der Waals surface area contributed by atoms with E-state index in [1.54, 1.807) is 6.07 Å². The molecule has 0 unspecified atom stereocenters. The van der Waals surface area contributed by atoms with Crippen molar-refractivity contribution < 1.29 is 13.2 Å². The van der Waals surface area contributed by atoms with Crippen molar-refractivity contribution in [3.05, 3.63) is 64.2 Å². The van der Waals surface area contributed by atoms with E-state index in [-0.39, 0.29) is 10.7 Å². The van der Waals surface area contributed by atoms with Gasteiger partial charge in [0, 0.05) is 49.0 Å². The Kier molecular flexibility index (Phi) is 7.17. The van der Waals surface area contributed by atoms with Gasteiger partial charge >= 0.3 is 6.18 Å². The molecule has 0 aromatic heterocycles. The number of hydrazone groups is 1. The highest BCUT2D eigenvalue weighted by Crippen LogP contribution is 2.34. The second kappa shape index (κ2) is 9.63. The summed E-state index contributed by atoms with van der Waals surface area (Å²) in [5.41, 5.74) is 8.33. The highest BCUT2D eigenvalue weighted by atomic mass is 35.5. The normalized spacial score (nSPS) is 15.5. The summed E-state index contributed by atoms with van der Waals surface area (Å²) in [5, 5.41) is 4.22. The predicted octanol–water partition coefficient (Wildman–Crippen LogP) is 3.85. The number of hydrogen-bond donors (Lipinski definition) is 2. The first-order chi connectivity index (χ1) is 14.2. The van der Waals surface area contributed by atoms with Gasteiger partial charge in [-0.05, 0) is 42.0 Å². The number of anilines is 1. The van der Waals surface area contributed by atoms with Gasteiger partial charge in [0.25, 0.3) is 0 Å². The summed E-state index contributed by atoms with van der Waals surface area (Å²) in [4.78, 5) is 4.22. The number of hydrogen-bond acceptors (Lipinski definition) is 4. The monoisotopic (exact) mass is 455 g/mol. The maximum absolute atomic E-state index is 13.5. The van der Waals surface area contributed by atoms with Crippen molar-refractivity contribution >= 4 is 40.8 Å². The quantitative estimate of drug-likeness (QED) is 0.407. The van der Waals surface area contributed by atoms with Crippen LogP contribution in [0.4, 0.5) is 18.9 Å². The lowest BCUT2D eigenvalue weighted by Gasteiger charge is -2.36. The molecule has 0 aliphatic carbocycles. The van der Waals surface area contributed by atoms with Gasteiger partial charge in [-0.25, -0.2) is 0 Å². The Hall–Kier alpha value is -2.36. The summed E-state index contributed by atoms with van der Waals surface area (Å²) in [6.07, 6.45) is -3.44. The molecule has 0 saturated carbocycles. The number of benzene rings is 2. The van der Waals surface area contributed by atoms with E-state index in [2.05, 4.69) is 27.6 Å². The standard InChI is InChI=1S/C20H21ClF3N5S/c21-16-3-1-2-14(10-16)13-28-6-8-29(9-7-28)17-5-4-15(12-26-27-19(25)30)18(11-17)20(22,23)24/h1-5,10-12H,6-9,13H2,(H3,25,27,30)/b26-12+. The number of thiocarbonyl (C=S) groups is 1. The van der Waals surface area contributed by atoms with E-state index in [0.717, 1.165) is 37.5 Å². The molecule has 5 nitrogen and oxygen atoms in total. The first-order valence-electron chi connectivity index (χ1n) is 9.24. The van der Waals surface area contributed by atoms with Crippen LogP contribution in [0, 0.1) is 0 Å². The second-order valence-electron chi connectivity index (χ2n) is 6.90. The van der Waals surface area contributed by atoms with Gasteiger partial charge in [0.2, 0.25) is 0 Å². The van der Waals surface area contributed by atoms with Crippen molar-refractivity contribution in [1.29, 1.82) is 0 Å². The molecule has 30 heavy (non-hydrogen) atoms. The third-order valence-electron chi connectivity index (χ3n) is 4.75. The molecule has 1 saturated heterocycles. The molecular formula is C20H21ClF3N5S. The summed E-state index contributed by atoms with van der Waals surface area (Å²) in [5.74, 6) is 0. The van der Waals surface area contributed by atoms with E-state index in [0.29, 0.717) is 23.8 Å². The highest BCUT2D eigenvalue weighted by molar-refractivity contribution is 7.80. The highest BCUT2D eigenvalue weighted by Gasteiger charge is 2.34. The van der Waals surface area contributed by atoms with Gasteiger partial charge in [-0.15, -0.1) is 0 Å². The van der Waals surface area contributed by atoms with Gasteiger partial charge in [0.1, 0.15) is 0 Å². The van der Waals surface area contributed by atoms with E-state index in [1.807, 2.05) is 29.2 Å². The van der Waals surface area contributed by atoms with Crippen LogP contribution in [-0.2, 0) is 12.7 Å². The third kappa shape index (κ3) is 6.07. The van der Waals surface area contributed by atoms with Gasteiger partial charge in [-0.3, -0.25) is 10.3 Å². The Morgan fingerprint density at radius 3 is 2.53 bits per heavy atom. The average Bonchev–Trinajstić information content (AvgIpc) is 2.68. The molecule has 0 amide bonds. The molecule has 1 fully saturated rings. The number of rotatable bonds is 5. The zero-order valence-electron chi connectivity index (χ0n) is 16.0. The van der Waals surface area contributed by atoms with Gasteiger partial charge in [-0.1, -0.05) is 29.8 Å². The molecule has 0 bridgehead atoms. The summed E-state index contributed by atoms with van der Waals surface area (Å²) in [6.45, 7) is 3.51.